The highest BCUT2D eigenvalue weighted by Crippen LogP contribution is 2.29. The van der Waals surface area contributed by atoms with Crippen LogP contribution >= 0.6 is 0 Å². The summed E-state index contributed by atoms with van der Waals surface area (Å²) in [5.74, 6) is 2.31. The molecule has 0 aliphatic carbocycles. The Balaban J connectivity index is 1.89. The molecule has 0 saturated carbocycles. The molecule has 1 unspecified atom stereocenters. The molecule has 0 radical (unpaired) electrons. The number of methoxy groups -OCH3 is 1. The fraction of sp³-hybridized carbons (Fsp3) is 0.722. The van der Waals surface area contributed by atoms with Gasteiger partial charge in [-0.25, -0.2) is 9.97 Å². The second-order valence-electron chi connectivity index (χ2n) is 7.07. The van der Waals surface area contributed by atoms with Crippen molar-refractivity contribution in [2.75, 3.05) is 52.3 Å². The van der Waals surface area contributed by atoms with Crippen molar-refractivity contribution in [1.29, 1.82) is 0 Å². The van der Waals surface area contributed by atoms with E-state index < -0.39 is 0 Å². The highest BCUT2D eigenvalue weighted by molar-refractivity contribution is 5.73. The first-order chi connectivity index (χ1) is 12.1. The Bertz CT molecular complexity index is 622. The maximum absolute atomic E-state index is 11.8. The molecule has 1 atom stereocenters. The number of carbonyl (C=O) groups excluding carboxylic acids is 1. The van der Waals surface area contributed by atoms with E-state index in [0.29, 0.717) is 19.1 Å². The average Bonchev–Trinajstić information content (AvgIpc) is 2.61. The quantitative estimate of drug-likeness (QED) is 0.809. The van der Waals surface area contributed by atoms with E-state index in [1.165, 1.54) is 6.42 Å². The molecular weight excluding hydrogens is 318 g/mol. The highest BCUT2D eigenvalue weighted by atomic mass is 16.5. The Hall–Kier alpha value is -1.73. The highest BCUT2D eigenvalue weighted by Gasteiger charge is 2.27. The van der Waals surface area contributed by atoms with Crippen LogP contribution in [0.25, 0.3) is 0 Å². The van der Waals surface area contributed by atoms with Gasteiger partial charge in [-0.2, -0.15) is 0 Å². The monoisotopic (exact) mass is 347 g/mol. The molecule has 7 nitrogen and oxygen atoms in total. The Kier molecular flexibility index (Phi) is 5.86. The molecule has 0 aromatic carbocycles. The number of nitrogens with zero attached hydrogens (tertiary/aromatic N) is 4. The minimum absolute atomic E-state index is 0.108. The molecule has 1 N–H and O–H groups in total. The van der Waals surface area contributed by atoms with Crippen LogP contribution in [0.2, 0.25) is 0 Å². The van der Waals surface area contributed by atoms with Gasteiger partial charge in [0, 0.05) is 45.1 Å². The number of carbonyl (C=O) groups is 1. The number of rotatable bonds is 5. The summed E-state index contributed by atoms with van der Waals surface area (Å²) in [5.41, 5.74) is 2.15. The molecule has 3 heterocycles. The van der Waals surface area contributed by atoms with Gasteiger partial charge in [-0.15, -0.1) is 0 Å². The van der Waals surface area contributed by atoms with Crippen molar-refractivity contribution < 1.29 is 9.53 Å². The van der Waals surface area contributed by atoms with E-state index >= 15 is 0 Å². The Morgan fingerprint density at radius 2 is 2.20 bits per heavy atom. The molecule has 25 heavy (non-hydrogen) atoms. The number of hydrogen-bond donors (Lipinski definition) is 1. The first kappa shape index (κ1) is 18.1. The maximum atomic E-state index is 11.8. The predicted octanol–water partition coefficient (Wildman–Crippen LogP) is 1.25. The molecule has 1 amide bonds. The molecule has 3 rings (SSSR count). The molecule has 0 spiro atoms. The van der Waals surface area contributed by atoms with E-state index in [9.17, 15) is 4.79 Å². The number of aromatic nitrogens is 2. The van der Waals surface area contributed by atoms with Crippen LogP contribution < -0.4 is 5.32 Å². The van der Waals surface area contributed by atoms with E-state index in [2.05, 4.69) is 17.3 Å². The largest absolute Gasteiger partial charge is 0.383 e. The summed E-state index contributed by atoms with van der Waals surface area (Å²) in [6.45, 7) is 6.43. The third-order valence-electron chi connectivity index (χ3n) is 5.12. The number of likely N-dealkylation sites (tertiary alicyclic amines) is 1. The normalized spacial score (nSPS) is 21.1. The van der Waals surface area contributed by atoms with Gasteiger partial charge in [0.1, 0.15) is 11.6 Å². The van der Waals surface area contributed by atoms with Crippen molar-refractivity contribution in [3.8, 4) is 0 Å². The van der Waals surface area contributed by atoms with E-state index in [4.69, 9.17) is 14.7 Å². The second kappa shape index (κ2) is 8.10. The van der Waals surface area contributed by atoms with Gasteiger partial charge in [0.05, 0.1) is 18.8 Å². The van der Waals surface area contributed by atoms with Gasteiger partial charge in [-0.3, -0.25) is 4.79 Å². The summed E-state index contributed by atoms with van der Waals surface area (Å²) in [6.07, 6.45) is 3.10. The zero-order chi connectivity index (χ0) is 17.8. The van der Waals surface area contributed by atoms with E-state index in [0.717, 1.165) is 61.9 Å². The van der Waals surface area contributed by atoms with Crippen LogP contribution in [0.1, 0.15) is 42.8 Å². The van der Waals surface area contributed by atoms with Crippen LogP contribution in [-0.4, -0.2) is 72.6 Å². The SMILES string of the molecule is COCCNc1nc(C2CCCN(C)C2)nc2c1CCN(C(C)=O)C2. The van der Waals surface area contributed by atoms with Gasteiger partial charge in [0.25, 0.3) is 0 Å². The van der Waals surface area contributed by atoms with Crippen LogP contribution in [0.15, 0.2) is 0 Å². The fourth-order valence-electron chi connectivity index (χ4n) is 3.70. The van der Waals surface area contributed by atoms with Crippen LogP contribution in [0.5, 0.6) is 0 Å². The van der Waals surface area contributed by atoms with Crippen LogP contribution in [0.4, 0.5) is 5.82 Å². The molecular formula is C18H29N5O2. The Morgan fingerprint density at radius 3 is 2.92 bits per heavy atom. The van der Waals surface area contributed by atoms with Crippen LogP contribution in [-0.2, 0) is 22.5 Å². The molecule has 1 aromatic rings. The third kappa shape index (κ3) is 4.27. The molecule has 1 fully saturated rings. The standard InChI is InChI=1S/C18H29N5O2/c1-13(24)23-9-6-15-16(12-23)20-17(14-5-4-8-22(2)11-14)21-18(15)19-7-10-25-3/h14H,4-12H2,1-3H3,(H,19,20,21). The lowest BCUT2D eigenvalue weighted by Gasteiger charge is -2.32. The summed E-state index contributed by atoms with van der Waals surface area (Å²) in [7, 11) is 3.85. The number of fused-ring (bicyclic) bond motifs is 1. The summed E-state index contributed by atoms with van der Waals surface area (Å²) in [4.78, 5) is 25.8. The van der Waals surface area contributed by atoms with Gasteiger partial charge in [-0.1, -0.05) is 0 Å². The van der Waals surface area contributed by atoms with Gasteiger partial charge < -0.3 is 19.9 Å². The van der Waals surface area contributed by atoms with E-state index in [1.807, 2.05) is 4.90 Å². The second-order valence-corrected chi connectivity index (χ2v) is 7.07. The number of likely N-dealkylation sites (N-methyl/N-ethyl adjacent to an activating group) is 1. The zero-order valence-electron chi connectivity index (χ0n) is 15.5. The number of nitrogens with one attached hydrogen (secondary N) is 1. The van der Waals surface area contributed by atoms with Crippen molar-refractivity contribution in [3.63, 3.8) is 0 Å². The molecule has 1 aromatic heterocycles. The number of anilines is 1. The first-order valence-electron chi connectivity index (χ1n) is 9.15. The smallest absolute Gasteiger partial charge is 0.219 e. The van der Waals surface area contributed by atoms with Gasteiger partial charge in [0.15, 0.2) is 0 Å². The van der Waals surface area contributed by atoms with E-state index in [1.54, 1.807) is 14.0 Å². The number of piperidine rings is 1. The summed E-state index contributed by atoms with van der Waals surface area (Å²) in [6, 6.07) is 0. The minimum Gasteiger partial charge on any atom is -0.383 e. The molecule has 1 saturated heterocycles. The lowest BCUT2D eigenvalue weighted by atomic mass is 9.96. The topological polar surface area (TPSA) is 70.6 Å². The molecule has 2 aliphatic rings. The first-order valence-corrected chi connectivity index (χ1v) is 9.15. The maximum Gasteiger partial charge on any atom is 0.219 e. The van der Waals surface area contributed by atoms with Gasteiger partial charge in [0.2, 0.25) is 5.91 Å². The van der Waals surface area contributed by atoms with Crippen molar-refractivity contribution in [1.82, 2.24) is 19.8 Å². The Morgan fingerprint density at radius 1 is 1.36 bits per heavy atom. The Labute approximate surface area is 149 Å². The van der Waals surface area contributed by atoms with Crippen LogP contribution in [0.3, 0.4) is 0 Å². The third-order valence-corrected chi connectivity index (χ3v) is 5.12. The average molecular weight is 347 g/mol. The van der Waals surface area contributed by atoms with Crippen molar-refractivity contribution in [2.24, 2.45) is 0 Å². The summed E-state index contributed by atoms with van der Waals surface area (Å²) >= 11 is 0. The molecule has 138 valence electrons. The number of amides is 1. The number of hydrogen-bond acceptors (Lipinski definition) is 6. The molecule has 7 heteroatoms. The van der Waals surface area contributed by atoms with Crippen LogP contribution in [0, 0.1) is 0 Å². The van der Waals surface area contributed by atoms with Crippen molar-refractivity contribution in [3.05, 3.63) is 17.1 Å². The van der Waals surface area contributed by atoms with Gasteiger partial charge in [-0.05, 0) is 32.9 Å². The van der Waals surface area contributed by atoms with Crippen molar-refractivity contribution in [2.45, 2.75) is 38.6 Å². The van der Waals surface area contributed by atoms with Crippen molar-refractivity contribution >= 4 is 11.7 Å². The fourth-order valence-corrected chi connectivity index (χ4v) is 3.70. The lowest BCUT2D eigenvalue weighted by molar-refractivity contribution is -0.129. The predicted molar refractivity (Wildman–Crippen MR) is 96.7 cm³/mol. The number of ether oxygens (including phenoxy) is 1. The van der Waals surface area contributed by atoms with E-state index in [-0.39, 0.29) is 5.91 Å². The molecule has 2 aliphatic heterocycles. The minimum atomic E-state index is 0.108. The summed E-state index contributed by atoms with van der Waals surface area (Å²) < 4.78 is 5.15. The lowest BCUT2D eigenvalue weighted by Crippen LogP contribution is -2.36. The molecule has 0 bridgehead atoms. The zero-order valence-corrected chi connectivity index (χ0v) is 15.5. The summed E-state index contributed by atoms with van der Waals surface area (Å²) in [5, 5.41) is 3.42. The van der Waals surface area contributed by atoms with Gasteiger partial charge >= 0.3 is 0 Å².